The van der Waals surface area contributed by atoms with E-state index in [1.807, 2.05) is 18.2 Å². The van der Waals surface area contributed by atoms with E-state index in [2.05, 4.69) is 19.2 Å². The molecule has 0 unspecified atom stereocenters. The molecular formula is C18H29NO3. The van der Waals surface area contributed by atoms with E-state index in [1.54, 1.807) is 14.2 Å². The third-order valence-electron chi connectivity index (χ3n) is 3.93. The van der Waals surface area contributed by atoms with Crippen LogP contribution in [0.25, 0.3) is 0 Å². The van der Waals surface area contributed by atoms with Gasteiger partial charge in [-0.25, -0.2) is 0 Å². The van der Waals surface area contributed by atoms with Crippen LogP contribution in [-0.4, -0.2) is 26.7 Å². The van der Waals surface area contributed by atoms with Crippen molar-refractivity contribution in [3.63, 3.8) is 0 Å². The summed E-state index contributed by atoms with van der Waals surface area (Å²) in [4.78, 5) is 12.1. The van der Waals surface area contributed by atoms with E-state index in [1.165, 1.54) is 0 Å². The number of carbonyl (C=O) groups is 1. The van der Waals surface area contributed by atoms with Crippen LogP contribution in [0.1, 0.15) is 45.1 Å². The number of hydrogen-bond acceptors (Lipinski definition) is 3. The minimum atomic E-state index is 0.144. The second kappa shape index (κ2) is 10.1. The van der Waals surface area contributed by atoms with E-state index < -0.39 is 0 Å². The van der Waals surface area contributed by atoms with Crippen LogP contribution in [0, 0.1) is 5.92 Å². The Hall–Kier alpha value is -1.71. The summed E-state index contributed by atoms with van der Waals surface area (Å²) in [5, 5.41) is 3.05. The highest BCUT2D eigenvalue weighted by molar-refractivity contribution is 5.78. The zero-order valence-corrected chi connectivity index (χ0v) is 14.3. The molecule has 0 aliphatic heterocycles. The zero-order chi connectivity index (χ0) is 16.4. The van der Waals surface area contributed by atoms with Crippen LogP contribution in [0.2, 0.25) is 0 Å². The van der Waals surface area contributed by atoms with Crippen LogP contribution < -0.4 is 14.8 Å². The van der Waals surface area contributed by atoms with E-state index in [0.717, 1.165) is 49.2 Å². The van der Waals surface area contributed by atoms with Gasteiger partial charge in [0, 0.05) is 12.5 Å². The van der Waals surface area contributed by atoms with Crippen LogP contribution in [0.5, 0.6) is 11.5 Å². The molecule has 0 fully saturated rings. The number of amides is 1. The summed E-state index contributed by atoms with van der Waals surface area (Å²) in [7, 11) is 3.25. The van der Waals surface area contributed by atoms with Gasteiger partial charge < -0.3 is 14.8 Å². The summed E-state index contributed by atoms with van der Waals surface area (Å²) in [6, 6.07) is 5.85. The largest absolute Gasteiger partial charge is 0.493 e. The summed E-state index contributed by atoms with van der Waals surface area (Å²) in [5.74, 6) is 1.77. The van der Waals surface area contributed by atoms with Gasteiger partial charge >= 0.3 is 0 Å². The molecule has 4 nitrogen and oxygen atoms in total. The summed E-state index contributed by atoms with van der Waals surface area (Å²) in [6.07, 6.45) is 4.92. The number of benzene rings is 1. The van der Waals surface area contributed by atoms with Crippen molar-refractivity contribution in [3.8, 4) is 11.5 Å². The lowest BCUT2D eigenvalue weighted by atomic mass is 9.98. The third kappa shape index (κ3) is 5.58. The summed E-state index contributed by atoms with van der Waals surface area (Å²) < 4.78 is 10.5. The number of rotatable bonds is 10. The fourth-order valence-electron chi connectivity index (χ4n) is 2.48. The Labute approximate surface area is 134 Å². The lowest BCUT2D eigenvalue weighted by Gasteiger charge is -2.15. The van der Waals surface area contributed by atoms with Gasteiger partial charge in [-0.1, -0.05) is 32.8 Å². The molecule has 1 atom stereocenters. The number of methoxy groups -OCH3 is 2. The second-order valence-corrected chi connectivity index (χ2v) is 5.48. The molecule has 124 valence electrons. The Bertz CT molecular complexity index is 460. The van der Waals surface area contributed by atoms with Crippen molar-refractivity contribution >= 4 is 5.91 Å². The van der Waals surface area contributed by atoms with Gasteiger partial charge in [0.05, 0.1) is 14.2 Å². The molecule has 0 saturated carbocycles. The lowest BCUT2D eigenvalue weighted by Crippen LogP contribution is -2.32. The molecule has 4 heteroatoms. The average molecular weight is 307 g/mol. The van der Waals surface area contributed by atoms with Crippen molar-refractivity contribution < 1.29 is 14.3 Å². The van der Waals surface area contributed by atoms with E-state index >= 15 is 0 Å². The highest BCUT2D eigenvalue weighted by Gasteiger charge is 2.15. The van der Waals surface area contributed by atoms with Crippen molar-refractivity contribution in [3.05, 3.63) is 23.8 Å². The zero-order valence-electron chi connectivity index (χ0n) is 14.3. The molecule has 0 radical (unpaired) electrons. The van der Waals surface area contributed by atoms with E-state index in [0.29, 0.717) is 6.54 Å². The van der Waals surface area contributed by atoms with Crippen molar-refractivity contribution in [2.75, 3.05) is 20.8 Å². The van der Waals surface area contributed by atoms with Crippen LogP contribution >= 0.6 is 0 Å². The van der Waals surface area contributed by atoms with Gasteiger partial charge in [0.1, 0.15) is 0 Å². The highest BCUT2D eigenvalue weighted by Crippen LogP contribution is 2.27. The number of unbranched alkanes of at least 4 members (excludes halogenated alkanes) is 1. The first kappa shape index (κ1) is 18.3. The Morgan fingerprint density at radius 1 is 1.18 bits per heavy atom. The molecule has 0 aliphatic carbocycles. The number of hydrogen-bond donors (Lipinski definition) is 1. The van der Waals surface area contributed by atoms with Crippen LogP contribution in [0.3, 0.4) is 0 Å². The van der Waals surface area contributed by atoms with Crippen LogP contribution in [0.4, 0.5) is 0 Å². The SMILES string of the molecule is CCCC[C@H](CC)C(=O)NCCc1ccc(OC)c(OC)c1. The molecule has 1 rings (SSSR count). The highest BCUT2D eigenvalue weighted by atomic mass is 16.5. The maximum Gasteiger partial charge on any atom is 0.223 e. The minimum Gasteiger partial charge on any atom is -0.493 e. The fourth-order valence-corrected chi connectivity index (χ4v) is 2.48. The molecule has 0 aliphatic rings. The molecule has 22 heavy (non-hydrogen) atoms. The quantitative estimate of drug-likeness (QED) is 0.719. The van der Waals surface area contributed by atoms with Crippen molar-refractivity contribution in [1.82, 2.24) is 5.32 Å². The van der Waals surface area contributed by atoms with E-state index in [9.17, 15) is 4.79 Å². The average Bonchev–Trinajstić information content (AvgIpc) is 2.55. The second-order valence-electron chi connectivity index (χ2n) is 5.48. The Morgan fingerprint density at radius 2 is 1.91 bits per heavy atom. The third-order valence-corrected chi connectivity index (χ3v) is 3.93. The standard InChI is InChI=1S/C18H29NO3/c1-5-7-8-15(6-2)18(20)19-12-11-14-9-10-16(21-3)17(13-14)22-4/h9-10,13,15H,5-8,11-12H2,1-4H3,(H,19,20)/t15-/m0/s1. The van der Waals surface area contributed by atoms with Gasteiger partial charge in [0.15, 0.2) is 11.5 Å². The first-order chi connectivity index (χ1) is 10.7. The van der Waals surface area contributed by atoms with Crippen molar-refractivity contribution in [1.29, 1.82) is 0 Å². The molecule has 1 aromatic rings. The van der Waals surface area contributed by atoms with Gasteiger partial charge in [0.25, 0.3) is 0 Å². The normalized spacial score (nSPS) is 11.8. The number of carbonyl (C=O) groups excluding carboxylic acids is 1. The topological polar surface area (TPSA) is 47.6 Å². The van der Waals surface area contributed by atoms with Gasteiger partial charge in [0.2, 0.25) is 5.91 Å². The predicted octanol–water partition coefficient (Wildman–Crippen LogP) is 3.58. The molecule has 1 N–H and O–H groups in total. The molecule has 0 spiro atoms. The molecule has 1 aromatic carbocycles. The number of nitrogens with one attached hydrogen (secondary N) is 1. The molecule has 0 saturated heterocycles. The molecule has 0 aromatic heterocycles. The maximum absolute atomic E-state index is 12.1. The Balaban J connectivity index is 2.47. The van der Waals surface area contributed by atoms with Crippen LogP contribution in [0.15, 0.2) is 18.2 Å². The van der Waals surface area contributed by atoms with E-state index in [-0.39, 0.29) is 11.8 Å². The van der Waals surface area contributed by atoms with Gasteiger partial charge in [-0.3, -0.25) is 4.79 Å². The molecule has 1 amide bonds. The van der Waals surface area contributed by atoms with Gasteiger partial charge in [-0.15, -0.1) is 0 Å². The van der Waals surface area contributed by atoms with Crippen molar-refractivity contribution in [2.45, 2.75) is 46.0 Å². The monoisotopic (exact) mass is 307 g/mol. The Kier molecular flexibility index (Phi) is 8.41. The summed E-state index contributed by atoms with van der Waals surface area (Å²) in [6.45, 7) is 4.88. The Morgan fingerprint density at radius 3 is 2.50 bits per heavy atom. The van der Waals surface area contributed by atoms with Crippen LogP contribution in [-0.2, 0) is 11.2 Å². The fraction of sp³-hybridized carbons (Fsp3) is 0.611. The van der Waals surface area contributed by atoms with Gasteiger partial charge in [-0.05, 0) is 37.0 Å². The van der Waals surface area contributed by atoms with Crippen molar-refractivity contribution in [2.24, 2.45) is 5.92 Å². The summed E-state index contributed by atoms with van der Waals surface area (Å²) >= 11 is 0. The molecule has 0 heterocycles. The molecular weight excluding hydrogens is 278 g/mol. The summed E-state index contributed by atoms with van der Waals surface area (Å²) in [5.41, 5.74) is 1.12. The maximum atomic E-state index is 12.1. The van der Waals surface area contributed by atoms with Gasteiger partial charge in [-0.2, -0.15) is 0 Å². The van der Waals surface area contributed by atoms with E-state index in [4.69, 9.17) is 9.47 Å². The number of ether oxygens (including phenoxy) is 2. The predicted molar refractivity (Wildman–Crippen MR) is 89.6 cm³/mol. The molecule has 0 bridgehead atoms. The smallest absolute Gasteiger partial charge is 0.223 e. The minimum absolute atomic E-state index is 0.144. The first-order valence-corrected chi connectivity index (χ1v) is 8.14. The lowest BCUT2D eigenvalue weighted by molar-refractivity contribution is -0.125. The first-order valence-electron chi connectivity index (χ1n) is 8.14.